The van der Waals surface area contributed by atoms with E-state index in [0.29, 0.717) is 42.7 Å². The monoisotopic (exact) mass is 904 g/mol. The van der Waals surface area contributed by atoms with E-state index in [2.05, 4.69) is 36.4 Å². The summed E-state index contributed by atoms with van der Waals surface area (Å²) in [6.45, 7) is 8.90. The third kappa shape index (κ3) is 9.20. The van der Waals surface area contributed by atoms with Gasteiger partial charge in [-0.25, -0.2) is 9.18 Å². The average Bonchev–Trinajstić information content (AvgIpc) is 3.86. The van der Waals surface area contributed by atoms with Gasteiger partial charge in [0.05, 0.1) is 18.3 Å². The van der Waals surface area contributed by atoms with E-state index in [0.717, 1.165) is 43.0 Å². The second-order valence-corrected chi connectivity index (χ2v) is 21.0. The van der Waals surface area contributed by atoms with Crippen LogP contribution in [0.5, 0.6) is 0 Å². The number of aliphatic hydroxyl groups is 3. The molecule has 4 saturated carbocycles. The van der Waals surface area contributed by atoms with Crippen molar-refractivity contribution in [3.63, 3.8) is 0 Å². The zero-order chi connectivity index (χ0) is 45.7. The largest absolute Gasteiger partial charge is 0.461 e. The maximum absolute atomic E-state index is 14.0. The molecule has 5 fully saturated rings. The van der Waals surface area contributed by atoms with Gasteiger partial charge < -0.3 is 40.6 Å². The summed E-state index contributed by atoms with van der Waals surface area (Å²) in [5.74, 6) is -0.822. The minimum absolute atomic E-state index is 0.00906. The molecule has 8 rings (SSSR count). The Kier molecular flexibility index (Phi) is 13.6. The lowest BCUT2D eigenvalue weighted by Crippen LogP contribution is -2.62. The molecule has 2 aromatic carbocycles. The number of benzene rings is 2. The maximum atomic E-state index is 14.0. The van der Waals surface area contributed by atoms with Crippen molar-refractivity contribution < 1.29 is 43.6 Å². The molecule has 6 N–H and O–H groups in total. The Bertz CT molecular complexity index is 2200. The molecule has 13 atom stereocenters. The third-order valence-electron chi connectivity index (χ3n) is 16.9. The molecular weight excluding hydrogens is 839 g/mol. The Morgan fingerprint density at radius 2 is 1.66 bits per heavy atom. The van der Waals surface area contributed by atoms with Gasteiger partial charge >= 0.3 is 5.97 Å². The number of halogens is 2. The van der Waals surface area contributed by atoms with Crippen LogP contribution in [0.3, 0.4) is 0 Å². The molecule has 3 aromatic rings. The number of aliphatic hydroxyl groups excluding tert-OH is 3. The van der Waals surface area contributed by atoms with Gasteiger partial charge in [0.2, 0.25) is 11.8 Å². The number of ether oxygens (including phenoxy) is 1. The lowest BCUT2D eigenvalue weighted by molar-refractivity contribution is -0.207. The predicted octanol–water partition coefficient (Wildman–Crippen LogP) is 6.72. The number of aromatic amines is 1. The fourth-order valence-corrected chi connectivity index (χ4v) is 13.4. The van der Waals surface area contributed by atoms with Crippen LogP contribution in [0.25, 0.3) is 10.9 Å². The van der Waals surface area contributed by atoms with Gasteiger partial charge in [0.15, 0.2) is 0 Å². The van der Waals surface area contributed by atoms with Crippen LogP contribution < -0.4 is 10.6 Å². The molecule has 2 heterocycles. The van der Waals surface area contributed by atoms with Gasteiger partial charge in [-0.2, -0.15) is 0 Å². The van der Waals surface area contributed by atoms with Crippen molar-refractivity contribution in [2.45, 2.75) is 141 Å². The lowest BCUT2D eigenvalue weighted by atomic mass is 9.43. The highest BCUT2D eigenvalue weighted by molar-refractivity contribution is 6.31. The summed E-state index contributed by atoms with van der Waals surface area (Å²) in [5.41, 5.74) is 1.31. The number of hydrogen-bond donors (Lipinski definition) is 6. The zero-order valence-electron chi connectivity index (χ0n) is 37.5. The lowest BCUT2D eigenvalue weighted by Gasteiger charge is -2.63. The molecule has 0 radical (unpaired) electrons. The highest BCUT2D eigenvalue weighted by Crippen LogP contribution is 2.68. The molecule has 1 aliphatic heterocycles. The molecule has 12 nitrogen and oxygen atoms in total. The molecule has 5 aliphatic rings. The molecule has 3 amide bonds. The number of carbonyl (C=O) groups excluding carboxylic acids is 4. The summed E-state index contributed by atoms with van der Waals surface area (Å²) in [5, 5.41) is 41.0. The van der Waals surface area contributed by atoms with Crippen LogP contribution in [0.4, 0.5) is 4.39 Å². The first-order valence-corrected chi connectivity index (χ1v) is 24.0. The quantitative estimate of drug-likeness (QED) is 0.108. The molecule has 64 heavy (non-hydrogen) atoms. The molecule has 1 aromatic heterocycles. The summed E-state index contributed by atoms with van der Waals surface area (Å²) in [6, 6.07) is 10.9. The van der Waals surface area contributed by atoms with Crippen molar-refractivity contribution in [1.29, 1.82) is 0 Å². The molecule has 0 bridgehead atoms. The predicted molar refractivity (Wildman–Crippen MR) is 240 cm³/mol. The van der Waals surface area contributed by atoms with Gasteiger partial charge in [-0.3, -0.25) is 14.4 Å². The number of aromatic nitrogens is 1. The highest BCUT2D eigenvalue weighted by Gasteiger charge is 2.65. The summed E-state index contributed by atoms with van der Waals surface area (Å²) in [4.78, 5) is 58.6. The van der Waals surface area contributed by atoms with E-state index in [1.165, 1.54) is 12.1 Å². The van der Waals surface area contributed by atoms with Crippen LogP contribution >= 0.6 is 11.6 Å². The normalized spacial score (nSPS) is 33.0. The Balaban J connectivity index is 0.809. The first-order valence-electron chi connectivity index (χ1n) is 23.6. The standard InChI is InChI=1S/C50H66ClFN4O8/c1-27(36-11-12-37-45-38(26-43(59)50(36,37)4)49(3)18-15-34(57)24-31(49)25-42(45)58)5-14-44(60)53-28(2)48(63)64-35-16-19-56(20-17-35)47(62)41(21-29-6-9-33(52)10-7-29)55-46(61)40-23-30-22-32(51)8-13-39(30)54-40/h6-10,13,22-23,27-28,31,34-38,41-43,45,54,57-59H,5,11-12,14-21,24-26H2,1-4H3,(H,53,60)(H,55,61)/t27-,28+,31+,34-,36-,37?,38?,41+,42-,43+,45?,49+,50-/m1/s1. The fourth-order valence-electron chi connectivity index (χ4n) is 13.3. The van der Waals surface area contributed by atoms with E-state index in [9.17, 15) is 38.9 Å². The maximum Gasteiger partial charge on any atom is 0.328 e. The van der Waals surface area contributed by atoms with Gasteiger partial charge in [-0.15, -0.1) is 0 Å². The number of nitrogens with zero attached hydrogens (tertiary/aromatic N) is 1. The molecule has 0 spiro atoms. The Morgan fingerprint density at radius 3 is 2.39 bits per heavy atom. The van der Waals surface area contributed by atoms with E-state index in [-0.39, 0.29) is 95.9 Å². The molecule has 3 unspecified atom stereocenters. The fraction of sp³-hybridized carbons (Fsp3) is 0.640. The number of fused-ring (bicyclic) bond motifs is 6. The van der Waals surface area contributed by atoms with Gasteiger partial charge in [-0.1, -0.05) is 44.5 Å². The zero-order valence-corrected chi connectivity index (χ0v) is 38.3. The van der Waals surface area contributed by atoms with Crippen LogP contribution in [0.1, 0.15) is 114 Å². The first-order chi connectivity index (χ1) is 30.4. The van der Waals surface area contributed by atoms with Gasteiger partial charge in [-0.05, 0) is 147 Å². The SMILES string of the molecule is C[C@H](NC(=O)CC[C@@H](C)[C@H]1CCC2C3C(C[C@H](O)[C@@]21C)[C@@]1(C)CC[C@@H](O)C[C@H]1C[C@H]3O)C(=O)OC1CCN(C(=O)[C@H](Cc2ccc(F)cc2)NC(=O)c2cc3cc(Cl)ccc3[nH]2)CC1. The molecule has 4 aliphatic carbocycles. The number of esters is 1. The summed E-state index contributed by atoms with van der Waals surface area (Å²) in [6.07, 6.45) is 5.72. The summed E-state index contributed by atoms with van der Waals surface area (Å²) in [7, 11) is 0. The Labute approximate surface area is 380 Å². The average molecular weight is 906 g/mol. The van der Waals surface area contributed by atoms with E-state index in [4.69, 9.17) is 16.3 Å². The van der Waals surface area contributed by atoms with Crippen molar-refractivity contribution in [1.82, 2.24) is 20.5 Å². The van der Waals surface area contributed by atoms with Crippen molar-refractivity contribution in [2.24, 2.45) is 46.3 Å². The number of amides is 3. The summed E-state index contributed by atoms with van der Waals surface area (Å²) >= 11 is 6.14. The van der Waals surface area contributed by atoms with E-state index >= 15 is 0 Å². The number of rotatable bonds is 12. The first kappa shape index (κ1) is 46.5. The van der Waals surface area contributed by atoms with Gasteiger partial charge in [0.25, 0.3) is 5.91 Å². The van der Waals surface area contributed by atoms with Gasteiger partial charge in [0, 0.05) is 54.7 Å². The molecular formula is C50H66ClFN4O8. The number of hydrogen-bond acceptors (Lipinski definition) is 8. The third-order valence-corrected chi connectivity index (χ3v) is 17.1. The Morgan fingerprint density at radius 1 is 0.922 bits per heavy atom. The van der Waals surface area contributed by atoms with Crippen molar-refractivity contribution >= 4 is 46.2 Å². The minimum Gasteiger partial charge on any atom is -0.461 e. The van der Waals surface area contributed by atoms with Gasteiger partial charge in [0.1, 0.15) is 29.7 Å². The van der Waals surface area contributed by atoms with Crippen molar-refractivity contribution in [3.05, 3.63) is 70.6 Å². The molecule has 1 saturated heterocycles. The van der Waals surface area contributed by atoms with E-state index < -0.39 is 48.1 Å². The summed E-state index contributed by atoms with van der Waals surface area (Å²) < 4.78 is 19.5. The highest BCUT2D eigenvalue weighted by atomic mass is 35.5. The van der Waals surface area contributed by atoms with E-state index in [1.807, 2.05) is 0 Å². The molecule has 14 heteroatoms. The Hall–Kier alpha value is -4.04. The second-order valence-electron chi connectivity index (χ2n) is 20.6. The number of carbonyl (C=O) groups is 4. The second kappa shape index (κ2) is 18.7. The number of H-pyrrole nitrogens is 1. The number of nitrogens with one attached hydrogen (secondary N) is 3. The molecule has 348 valence electrons. The van der Waals surface area contributed by atoms with Crippen LogP contribution in [-0.2, 0) is 25.5 Å². The van der Waals surface area contributed by atoms with Crippen LogP contribution in [0.15, 0.2) is 48.5 Å². The van der Waals surface area contributed by atoms with E-state index in [1.54, 1.807) is 48.2 Å². The topological polar surface area (TPSA) is 181 Å². The van der Waals surface area contributed by atoms with Crippen LogP contribution in [-0.4, -0.2) is 98.5 Å². The van der Waals surface area contributed by atoms with Crippen LogP contribution in [0, 0.1) is 52.2 Å². The number of likely N-dealkylation sites (tertiary alicyclic amines) is 1. The van der Waals surface area contributed by atoms with Crippen molar-refractivity contribution in [3.8, 4) is 0 Å². The number of piperidine rings is 1. The van der Waals surface area contributed by atoms with Crippen molar-refractivity contribution in [2.75, 3.05) is 13.1 Å². The van der Waals surface area contributed by atoms with Crippen LogP contribution in [0.2, 0.25) is 5.02 Å². The minimum atomic E-state index is -0.947. The smallest absolute Gasteiger partial charge is 0.328 e.